The van der Waals surface area contributed by atoms with Crippen LogP contribution in [0.2, 0.25) is 0 Å². The topological polar surface area (TPSA) is 62.7 Å². The molecule has 5 nitrogen and oxygen atoms in total. The Morgan fingerprint density at radius 3 is 2.83 bits per heavy atom. The van der Waals surface area contributed by atoms with Crippen molar-refractivity contribution in [3.8, 4) is 5.75 Å². The summed E-state index contributed by atoms with van der Waals surface area (Å²) in [6.45, 7) is 2.63. The molecule has 4 rings (SSSR count). The summed E-state index contributed by atoms with van der Waals surface area (Å²) in [5.41, 5.74) is 1.37. The fraction of sp³-hybridized carbons (Fsp3) is 0.429. The van der Waals surface area contributed by atoms with Gasteiger partial charge in [0.05, 0.1) is 12.6 Å². The molecule has 1 aromatic heterocycles. The molecule has 3 aromatic rings. The van der Waals surface area contributed by atoms with Crippen LogP contribution in [-0.2, 0) is 4.79 Å². The number of carboxylic acid groups (broad SMARTS) is 1. The second-order valence-electron chi connectivity index (χ2n) is 9.20. The van der Waals surface area contributed by atoms with Gasteiger partial charge in [0, 0.05) is 41.7 Å². The van der Waals surface area contributed by atoms with Crippen molar-refractivity contribution in [3.63, 3.8) is 0 Å². The third-order valence-electron chi connectivity index (χ3n) is 6.94. The molecule has 1 saturated heterocycles. The van der Waals surface area contributed by atoms with Gasteiger partial charge in [0.2, 0.25) is 0 Å². The first-order valence-electron chi connectivity index (χ1n) is 12.2. The van der Waals surface area contributed by atoms with Crippen molar-refractivity contribution in [2.75, 3.05) is 32.5 Å². The highest BCUT2D eigenvalue weighted by Gasteiger charge is 2.31. The molecule has 0 spiro atoms. The lowest BCUT2D eigenvalue weighted by atomic mass is 9.79. The van der Waals surface area contributed by atoms with E-state index < -0.39 is 12.1 Å². The van der Waals surface area contributed by atoms with Crippen LogP contribution in [-0.4, -0.2) is 53.5 Å². The quantitative estimate of drug-likeness (QED) is 0.317. The average molecular weight is 497 g/mol. The standard InChI is InChI=1S/C28H33FN2O3S/c1-34-22-8-10-27-25(18-22)24(11-13-30-27)26(29)9-7-20-12-14-31(19-21(20)17-28(32)33)15-16-35-23-5-3-2-4-6-23/h2-6,8,10-11,13,18,20-21,26H,7,9,12,14-17,19H2,1H3,(H,32,33)/t20-,21+,26?/m1/s1. The minimum Gasteiger partial charge on any atom is -0.497 e. The number of aromatic nitrogens is 1. The smallest absolute Gasteiger partial charge is 0.303 e. The van der Waals surface area contributed by atoms with E-state index in [9.17, 15) is 9.90 Å². The minimum absolute atomic E-state index is 0.0458. The number of fused-ring (bicyclic) bond motifs is 1. The number of benzene rings is 2. The van der Waals surface area contributed by atoms with Crippen molar-refractivity contribution in [1.29, 1.82) is 0 Å². The Morgan fingerprint density at radius 1 is 1.23 bits per heavy atom. The fourth-order valence-corrected chi connectivity index (χ4v) is 6.00. The summed E-state index contributed by atoms with van der Waals surface area (Å²) >= 11 is 1.82. The molecule has 1 unspecified atom stereocenters. The second kappa shape index (κ2) is 12.4. The van der Waals surface area contributed by atoms with Gasteiger partial charge < -0.3 is 14.7 Å². The molecule has 35 heavy (non-hydrogen) atoms. The van der Waals surface area contributed by atoms with Gasteiger partial charge in [-0.2, -0.15) is 0 Å². The summed E-state index contributed by atoms with van der Waals surface area (Å²) < 4.78 is 20.8. The van der Waals surface area contributed by atoms with Crippen LogP contribution >= 0.6 is 11.8 Å². The highest BCUT2D eigenvalue weighted by molar-refractivity contribution is 7.99. The van der Waals surface area contributed by atoms with Gasteiger partial charge in [-0.05, 0) is 79.6 Å². The number of ether oxygens (including phenoxy) is 1. The second-order valence-corrected chi connectivity index (χ2v) is 10.4. The van der Waals surface area contributed by atoms with E-state index in [0.717, 1.165) is 42.7 Å². The molecule has 0 bridgehead atoms. The van der Waals surface area contributed by atoms with Crippen LogP contribution in [0.1, 0.15) is 37.4 Å². The van der Waals surface area contributed by atoms with Gasteiger partial charge in [-0.25, -0.2) is 4.39 Å². The number of methoxy groups -OCH3 is 1. The van der Waals surface area contributed by atoms with E-state index in [0.29, 0.717) is 24.2 Å². The number of piperidine rings is 1. The summed E-state index contributed by atoms with van der Waals surface area (Å²) in [4.78, 5) is 19.5. The Bertz CT molecular complexity index is 1110. The Morgan fingerprint density at radius 2 is 2.06 bits per heavy atom. The van der Waals surface area contributed by atoms with E-state index in [2.05, 4.69) is 22.0 Å². The maximum Gasteiger partial charge on any atom is 0.303 e. The molecule has 0 aliphatic carbocycles. The number of likely N-dealkylation sites (tertiary alicyclic amines) is 1. The van der Waals surface area contributed by atoms with Gasteiger partial charge in [0.25, 0.3) is 0 Å². The summed E-state index contributed by atoms with van der Waals surface area (Å²) in [5, 5.41) is 10.3. The fourth-order valence-electron chi connectivity index (χ4n) is 5.07. The van der Waals surface area contributed by atoms with Crippen molar-refractivity contribution in [2.24, 2.45) is 11.8 Å². The number of halogens is 1. The summed E-state index contributed by atoms with van der Waals surface area (Å²) in [6, 6.07) is 17.6. The summed E-state index contributed by atoms with van der Waals surface area (Å²) in [7, 11) is 1.60. The molecule has 7 heteroatoms. The van der Waals surface area contributed by atoms with Gasteiger partial charge in [-0.1, -0.05) is 18.2 Å². The van der Waals surface area contributed by atoms with Crippen LogP contribution in [0.3, 0.4) is 0 Å². The number of hydrogen-bond donors (Lipinski definition) is 1. The molecule has 1 aliphatic rings. The molecule has 1 fully saturated rings. The normalized spacial score (nSPS) is 19.5. The van der Waals surface area contributed by atoms with Crippen molar-refractivity contribution in [1.82, 2.24) is 9.88 Å². The van der Waals surface area contributed by atoms with Crippen LogP contribution in [0.4, 0.5) is 4.39 Å². The van der Waals surface area contributed by atoms with Crippen LogP contribution in [0.5, 0.6) is 5.75 Å². The molecule has 1 N–H and O–H groups in total. The molecule has 3 atom stereocenters. The predicted molar refractivity (Wildman–Crippen MR) is 139 cm³/mol. The highest BCUT2D eigenvalue weighted by atomic mass is 32.2. The van der Waals surface area contributed by atoms with Crippen molar-refractivity contribution in [2.45, 2.75) is 36.8 Å². The molecule has 2 heterocycles. The first kappa shape index (κ1) is 25.5. The van der Waals surface area contributed by atoms with E-state index in [4.69, 9.17) is 4.74 Å². The van der Waals surface area contributed by atoms with Gasteiger partial charge in [0.15, 0.2) is 0 Å². The molecule has 0 amide bonds. The van der Waals surface area contributed by atoms with Crippen molar-refractivity contribution < 1.29 is 19.0 Å². The lowest BCUT2D eigenvalue weighted by Crippen LogP contribution is -2.42. The first-order valence-corrected chi connectivity index (χ1v) is 13.2. The third kappa shape index (κ3) is 6.95. The van der Waals surface area contributed by atoms with Gasteiger partial charge in [-0.3, -0.25) is 9.78 Å². The predicted octanol–water partition coefficient (Wildman–Crippen LogP) is 6.24. The van der Waals surface area contributed by atoms with E-state index in [-0.39, 0.29) is 18.3 Å². The molecule has 0 saturated carbocycles. The zero-order valence-electron chi connectivity index (χ0n) is 20.1. The molecule has 1 aliphatic heterocycles. The monoisotopic (exact) mass is 496 g/mol. The molecular weight excluding hydrogens is 463 g/mol. The summed E-state index contributed by atoms with van der Waals surface area (Å²) in [5.74, 6) is 1.14. The lowest BCUT2D eigenvalue weighted by Gasteiger charge is -2.38. The van der Waals surface area contributed by atoms with Gasteiger partial charge >= 0.3 is 5.97 Å². The molecular formula is C28H33FN2O3S. The highest BCUT2D eigenvalue weighted by Crippen LogP contribution is 2.36. The third-order valence-corrected chi connectivity index (χ3v) is 7.93. The van der Waals surface area contributed by atoms with E-state index >= 15 is 4.39 Å². The number of rotatable bonds is 11. The maximum atomic E-state index is 15.5. The van der Waals surface area contributed by atoms with E-state index in [1.54, 1.807) is 19.4 Å². The Hall–Kier alpha value is -2.64. The first-order chi connectivity index (χ1) is 17.0. The van der Waals surface area contributed by atoms with Gasteiger partial charge in [-0.15, -0.1) is 11.8 Å². The summed E-state index contributed by atoms with van der Waals surface area (Å²) in [6.07, 6.45) is 2.62. The Labute approximate surface area is 210 Å². The number of hydrogen-bond acceptors (Lipinski definition) is 5. The number of carbonyl (C=O) groups is 1. The van der Waals surface area contributed by atoms with Gasteiger partial charge in [0.1, 0.15) is 11.9 Å². The maximum absolute atomic E-state index is 15.5. The minimum atomic E-state index is -1.13. The Kier molecular flexibility index (Phi) is 8.99. The number of thioether (sulfide) groups is 1. The number of aliphatic carboxylic acids is 1. The van der Waals surface area contributed by atoms with Crippen LogP contribution in [0, 0.1) is 11.8 Å². The number of carboxylic acids is 1. The Balaban J connectivity index is 1.35. The SMILES string of the molecule is COc1ccc2nccc(C(F)CC[C@@H]3CCN(CCSc4ccccc4)C[C@@H]3CC(=O)O)c2c1. The molecule has 186 valence electrons. The zero-order valence-corrected chi connectivity index (χ0v) is 20.9. The molecule has 2 aromatic carbocycles. The average Bonchev–Trinajstić information content (AvgIpc) is 2.87. The zero-order chi connectivity index (χ0) is 24.6. The van der Waals surface area contributed by atoms with Crippen molar-refractivity contribution >= 4 is 28.6 Å². The largest absolute Gasteiger partial charge is 0.497 e. The molecule has 0 radical (unpaired) electrons. The van der Waals surface area contributed by atoms with E-state index in [1.807, 2.05) is 48.2 Å². The van der Waals surface area contributed by atoms with Crippen LogP contribution < -0.4 is 4.74 Å². The number of pyridine rings is 1. The van der Waals surface area contributed by atoms with Crippen molar-refractivity contribution in [3.05, 3.63) is 66.4 Å². The number of alkyl halides is 1. The van der Waals surface area contributed by atoms with Crippen LogP contribution in [0.25, 0.3) is 10.9 Å². The van der Waals surface area contributed by atoms with Crippen LogP contribution in [0.15, 0.2) is 65.7 Å². The lowest BCUT2D eigenvalue weighted by molar-refractivity contribution is -0.139. The number of nitrogens with zero attached hydrogens (tertiary/aromatic N) is 2. The van der Waals surface area contributed by atoms with E-state index in [1.165, 1.54) is 4.90 Å².